The van der Waals surface area contributed by atoms with Crippen LogP contribution in [0.5, 0.6) is 0 Å². The summed E-state index contributed by atoms with van der Waals surface area (Å²) in [6, 6.07) is 15.3. The summed E-state index contributed by atoms with van der Waals surface area (Å²) >= 11 is 1.59. The standard InChI is InChI=1S/C19H13N5O2S/c25-19-15-11-14(16-7-4-10-27-16)21-24(15)9-8-23(19)12-17-20-18(22-26-17)13-5-2-1-3-6-13/h1-11H,12H2. The van der Waals surface area contributed by atoms with E-state index in [1.807, 2.05) is 47.8 Å². The molecule has 0 unspecified atom stereocenters. The van der Waals surface area contributed by atoms with Crippen molar-refractivity contribution in [3.63, 3.8) is 0 Å². The van der Waals surface area contributed by atoms with Crippen LogP contribution in [0, 0.1) is 0 Å². The van der Waals surface area contributed by atoms with Gasteiger partial charge in [-0.1, -0.05) is 41.6 Å². The molecular weight excluding hydrogens is 362 g/mol. The largest absolute Gasteiger partial charge is 0.337 e. The van der Waals surface area contributed by atoms with Crippen molar-refractivity contribution in [3.05, 3.63) is 82.5 Å². The summed E-state index contributed by atoms with van der Waals surface area (Å²) in [7, 11) is 0. The molecule has 8 heteroatoms. The number of rotatable bonds is 4. The molecule has 1 aromatic carbocycles. The number of aromatic nitrogens is 5. The molecule has 0 radical (unpaired) electrons. The molecule has 132 valence electrons. The molecule has 0 aliphatic heterocycles. The van der Waals surface area contributed by atoms with Gasteiger partial charge in [0.15, 0.2) is 0 Å². The molecule has 0 saturated carbocycles. The fraction of sp³-hybridized carbons (Fsp3) is 0.0526. The molecule has 27 heavy (non-hydrogen) atoms. The van der Waals surface area contributed by atoms with Crippen LogP contribution in [0.4, 0.5) is 0 Å². The Bertz CT molecular complexity index is 1270. The Morgan fingerprint density at radius 1 is 1.07 bits per heavy atom. The van der Waals surface area contributed by atoms with E-state index in [-0.39, 0.29) is 12.1 Å². The molecule has 5 rings (SSSR count). The number of hydrogen-bond acceptors (Lipinski definition) is 6. The van der Waals surface area contributed by atoms with E-state index in [1.54, 1.807) is 34.3 Å². The monoisotopic (exact) mass is 375 g/mol. The van der Waals surface area contributed by atoms with Crippen LogP contribution < -0.4 is 5.56 Å². The van der Waals surface area contributed by atoms with Gasteiger partial charge in [0.2, 0.25) is 11.7 Å². The maximum atomic E-state index is 12.8. The van der Waals surface area contributed by atoms with Crippen LogP contribution in [-0.4, -0.2) is 24.3 Å². The zero-order valence-electron chi connectivity index (χ0n) is 14.0. The summed E-state index contributed by atoms with van der Waals surface area (Å²) in [5.41, 5.74) is 1.99. The maximum Gasteiger partial charge on any atom is 0.277 e. The lowest BCUT2D eigenvalue weighted by Gasteiger charge is -2.01. The Morgan fingerprint density at radius 2 is 1.96 bits per heavy atom. The topological polar surface area (TPSA) is 78.2 Å². The minimum atomic E-state index is -0.160. The van der Waals surface area contributed by atoms with Crippen molar-refractivity contribution in [2.45, 2.75) is 6.54 Å². The van der Waals surface area contributed by atoms with Gasteiger partial charge >= 0.3 is 0 Å². The first-order valence-corrected chi connectivity index (χ1v) is 9.16. The van der Waals surface area contributed by atoms with Gasteiger partial charge in [-0.2, -0.15) is 10.1 Å². The highest BCUT2D eigenvalue weighted by Gasteiger charge is 2.13. The lowest BCUT2D eigenvalue weighted by molar-refractivity contribution is 0.370. The Balaban J connectivity index is 1.48. The minimum Gasteiger partial charge on any atom is -0.337 e. The summed E-state index contributed by atoms with van der Waals surface area (Å²) in [6.07, 6.45) is 3.43. The van der Waals surface area contributed by atoms with Gasteiger partial charge in [-0.25, -0.2) is 4.52 Å². The lowest BCUT2D eigenvalue weighted by Crippen LogP contribution is -2.21. The normalized spacial score (nSPS) is 11.3. The van der Waals surface area contributed by atoms with E-state index in [0.717, 1.165) is 16.1 Å². The molecule has 0 spiro atoms. The third-order valence-corrected chi connectivity index (χ3v) is 5.08. The predicted molar refractivity (Wildman–Crippen MR) is 102 cm³/mol. The molecule has 0 fully saturated rings. The van der Waals surface area contributed by atoms with Gasteiger partial charge in [-0.05, 0) is 17.5 Å². The molecule has 0 bridgehead atoms. The lowest BCUT2D eigenvalue weighted by atomic mass is 10.2. The van der Waals surface area contributed by atoms with Crippen LogP contribution in [-0.2, 0) is 6.54 Å². The van der Waals surface area contributed by atoms with Crippen molar-refractivity contribution in [2.24, 2.45) is 0 Å². The second-order valence-corrected chi connectivity index (χ2v) is 6.89. The van der Waals surface area contributed by atoms with Gasteiger partial charge in [0.1, 0.15) is 17.8 Å². The maximum absolute atomic E-state index is 12.8. The second-order valence-electron chi connectivity index (χ2n) is 5.95. The third-order valence-electron chi connectivity index (χ3n) is 4.18. The van der Waals surface area contributed by atoms with Crippen LogP contribution in [0.15, 0.2) is 75.6 Å². The number of hydrogen-bond donors (Lipinski definition) is 0. The van der Waals surface area contributed by atoms with E-state index >= 15 is 0 Å². The molecule has 0 amide bonds. The summed E-state index contributed by atoms with van der Waals surface area (Å²) < 4.78 is 8.45. The first-order valence-electron chi connectivity index (χ1n) is 8.29. The van der Waals surface area contributed by atoms with E-state index in [4.69, 9.17) is 4.52 Å². The Hall–Kier alpha value is -3.52. The molecular formula is C19H13N5O2S. The number of thiophene rings is 1. The van der Waals surface area contributed by atoms with Gasteiger partial charge in [-0.3, -0.25) is 4.79 Å². The summed E-state index contributed by atoms with van der Waals surface area (Å²) in [5.74, 6) is 0.877. The van der Waals surface area contributed by atoms with Crippen molar-refractivity contribution in [3.8, 4) is 22.0 Å². The van der Waals surface area contributed by atoms with Crippen molar-refractivity contribution in [1.82, 2.24) is 24.3 Å². The SMILES string of the molecule is O=c1c2cc(-c3cccs3)nn2ccn1Cc1nc(-c2ccccc2)no1. The molecule has 0 aliphatic carbocycles. The number of benzene rings is 1. The average Bonchev–Trinajstić information content (AvgIpc) is 3.45. The molecule has 4 heterocycles. The van der Waals surface area contributed by atoms with Crippen molar-refractivity contribution in [2.75, 3.05) is 0 Å². The zero-order chi connectivity index (χ0) is 18.2. The third kappa shape index (κ3) is 2.85. The first kappa shape index (κ1) is 15.7. The van der Waals surface area contributed by atoms with E-state index in [2.05, 4.69) is 15.2 Å². The van der Waals surface area contributed by atoms with Crippen molar-refractivity contribution < 1.29 is 4.52 Å². The highest BCUT2D eigenvalue weighted by atomic mass is 32.1. The first-order chi connectivity index (χ1) is 13.3. The Kier molecular flexibility index (Phi) is 3.68. The molecule has 7 nitrogen and oxygen atoms in total. The van der Waals surface area contributed by atoms with Crippen LogP contribution >= 0.6 is 11.3 Å². The number of fused-ring (bicyclic) bond motifs is 1. The van der Waals surface area contributed by atoms with Gasteiger partial charge < -0.3 is 9.09 Å². The second kappa shape index (κ2) is 6.33. The van der Waals surface area contributed by atoms with Gasteiger partial charge in [0.25, 0.3) is 5.56 Å². The fourth-order valence-corrected chi connectivity index (χ4v) is 3.55. The smallest absolute Gasteiger partial charge is 0.277 e. The summed E-state index contributed by atoms with van der Waals surface area (Å²) in [6.45, 7) is 0.203. The van der Waals surface area contributed by atoms with Crippen molar-refractivity contribution in [1.29, 1.82) is 0 Å². The quantitative estimate of drug-likeness (QED) is 0.481. The number of nitrogens with zero attached hydrogens (tertiary/aromatic N) is 5. The zero-order valence-corrected chi connectivity index (χ0v) is 14.8. The highest BCUT2D eigenvalue weighted by molar-refractivity contribution is 7.13. The average molecular weight is 375 g/mol. The molecule has 0 saturated heterocycles. The van der Waals surface area contributed by atoms with Gasteiger partial charge in [0.05, 0.1) is 4.88 Å². The van der Waals surface area contributed by atoms with Crippen LogP contribution in [0.25, 0.3) is 27.5 Å². The molecule has 0 N–H and O–H groups in total. The molecule has 4 aromatic heterocycles. The van der Waals surface area contributed by atoms with Crippen LogP contribution in [0.2, 0.25) is 0 Å². The van der Waals surface area contributed by atoms with Crippen molar-refractivity contribution >= 4 is 16.9 Å². The minimum absolute atomic E-state index is 0.160. The Morgan fingerprint density at radius 3 is 2.78 bits per heavy atom. The van der Waals surface area contributed by atoms with E-state index < -0.39 is 0 Å². The molecule has 0 atom stereocenters. The highest BCUT2D eigenvalue weighted by Crippen LogP contribution is 2.23. The van der Waals surface area contributed by atoms with Crippen LogP contribution in [0.3, 0.4) is 0 Å². The van der Waals surface area contributed by atoms with Crippen LogP contribution in [0.1, 0.15) is 5.89 Å². The Labute approximate surface area is 157 Å². The fourth-order valence-electron chi connectivity index (χ4n) is 2.86. The van der Waals surface area contributed by atoms with E-state index in [0.29, 0.717) is 17.2 Å². The van der Waals surface area contributed by atoms with E-state index in [9.17, 15) is 4.79 Å². The van der Waals surface area contributed by atoms with E-state index in [1.165, 1.54) is 4.57 Å². The molecule has 0 aliphatic rings. The summed E-state index contributed by atoms with van der Waals surface area (Å²) in [4.78, 5) is 18.2. The molecule has 5 aromatic rings. The van der Waals surface area contributed by atoms with Gasteiger partial charge in [0, 0.05) is 18.0 Å². The summed E-state index contributed by atoms with van der Waals surface area (Å²) in [5, 5.41) is 10.4. The van der Waals surface area contributed by atoms with Gasteiger partial charge in [-0.15, -0.1) is 11.3 Å². The predicted octanol–water partition coefficient (Wildman–Crippen LogP) is 3.32.